The summed E-state index contributed by atoms with van der Waals surface area (Å²) in [7, 11) is 0. The maximum absolute atomic E-state index is 13.8. The summed E-state index contributed by atoms with van der Waals surface area (Å²) in [4.78, 5) is 48.7. The van der Waals surface area contributed by atoms with E-state index in [9.17, 15) is 36.7 Å². The van der Waals surface area contributed by atoms with E-state index in [-0.39, 0.29) is 17.5 Å². The number of hydrogen-bond acceptors (Lipinski definition) is 7. The van der Waals surface area contributed by atoms with Gasteiger partial charge in [0, 0.05) is 17.7 Å². The lowest BCUT2D eigenvalue weighted by Crippen LogP contribution is -2.51. The highest BCUT2D eigenvalue weighted by atomic mass is 35.5. The number of ether oxygens (including phenoxy) is 1. The highest BCUT2D eigenvalue weighted by Crippen LogP contribution is 2.27. The molecule has 39 heavy (non-hydrogen) atoms. The van der Waals surface area contributed by atoms with Gasteiger partial charge in [-0.3, -0.25) is 19.2 Å². The molecule has 0 radical (unpaired) electrons. The first-order chi connectivity index (χ1) is 18.4. The minimum atomic E-state index is -1.91. The topological polar surface area (TPSA) is 148 Å². The summed E-state index contributed by atoms with van der Waals surface area (Å²) in [5.41, 5.74) is 0.715. The van der Waals surface area contributed by atoms with Crippen LogP contribution in [0.2, 0.25) is 5.02 Å². The summed E-state index contributed by atoms with van der Waals surface area (Å²) < 4.78 is 63.7. The highest BCUT2D eigenvalue weighted by molar-refractivity contribution is 6.33. The van der Waals surface area contributed by atoms with E-state index in [0.29, 0.717) is 10.6 Å². The van der Waals surface area contributed by atoms with Gasteiger partial charge in [0.2, 0.25) is 23.3 Å². The molecule has 0 saturated heterocycles. The molecule has 0 aliphatic rings. The van der Waals surface area contributed by atoms with Gasteiger partial charge < -0.3 is 25.0 Å². The number of nitrogens with zero attached hydrogens (tertiary/aromatic N) is 1. The Hall–Kier alpha value is -4.46. The highest BCUT2D eigenvalue weighted by Gasteiger charge is 2.29. The molecule has 0 bridgehead atoms. The minimum Gasteiger partial charge on any atom is -0.481 e. The monoisotopic (exact) mass is 571 g/mol. The van der Waals surface area contributed by atoms with Gasteiger partial charge >= 0.3 is 5.97 Å². The first-order valence-corrected chi connectivity index (χ1v) is 11.3. The fraction of sp³-hybridized carbons (Fsp3) is 0.208. The van der Waals surface area contributed by atoms with E-state index in [1.807, 2.05) is 0 Å². The Morgan fingerprint density at radius 3 is 2.31 bits per heavy atom. The van der Waals surface area contributed by atoms with Gasteiger partial charge in [-0.15, -0.1) is 0 Å². The molecule has 2 amide bonds. The van der Waals surface area contributed by atoms with Gasteiger partial charge in [0.15, 0.2) is 23.2 Å². The van der Waals surface area contributed by atoms with E-state index in [4.69, 9.17) is 21.2 Å². The average Bonchev–Trinajstić information content (AvgIpc) is 3.37. The number of carbonyl (C=O) groups excluding carboxylic acids is 3. The minimum absolute atomic E-state index is 0.0705. The van der Waals surface area contributed by atoms with Gasteiger partial charge in [-0.2, -0.15) is 8.78 Å². The van der Waals surface area contributed by atoms with Crippen molar-refractivity contribution in [3.8, 4) is 17.0 Å². The number of carboxylic acid groups (broad SMARTS) is 1. The molecule has 3 aromatic rings. The predicted molar refractivity (Wildman–Crippen MR) is 125 cm³/mol. The van der Waals surface area contributed by atoms with Crippen LogP contribution < -0.4 is 15.4 Å². The van der Waals surface area contributed by atoms with Gasteiger partial charge in [-0.25, -0.2) is 8.78 Å². The van der Waals surface area contributed by atoms with Crippen molar-refractivity contribution in [1.82, 2.24) is 15.8 Å². The number of carboxylic acids is 1. The Morgan fingerprint density at radius 2 is 1.69 bits per heavy atom. The van der Waals surface area contributed by atoms with Crippen LogP contribution in [0, 0.1) is 23.3 Å². The number of amides is 2. The second-order valence-corrected chi connectivity index (χ2v) is 8.37. The van der Waals surface area contributed by atoms with Crippen LogP contribution in [-0.2, 0) is 14.4 Å². The number of aliphatic carboxylic acids is 1. The number of rotatable bonds is 11. The first-order valence-electron chi connectivity index (χ1n) is 10.9. The first kappa shape index (κ1) is 29.1. The summed E-state index contributed by atoms with van der Waals surface area (Å²) >= 11 is 6.09. The average molecular weight is 572 g/mol. The van der Waals surface area contributed by atoms with Crippen LogP contribution in [0.3, 0.4) is 0 Å². The molecule has 10 nitrogen and oxygen atoms in total. The molecule has 0 spiro atoms. The normalized spacial score (nSPS) is 12.4. The lowest BCUT2D eigenvalue weighted by atomic mass is 10.1. The SMILES string of the molecule is C[C@H](NC(=O)c1cc(-c2ccccc2Cl)no1)C(=O)N[C@@H](CC(=O)O)C(=O)COc1c(F)c(F)cc(F)c1F. The summed E-state index contributed by atoms with van der Waals surface area (Å²) in [6, 6.07) is 4.66. The van der Waals surface area contributed by atoms with Crippen molar-refractivity contribution in [3.05, 3.63) is 70.4 Å². The largest absolute Gasteiger partial charge is 0.481 e. The van der Waals surface area contributed by atoms with Crippen molar-refractivity contribution in [2.75, 3.05) is 6.61 Å². The van der Waals surface area contributed by atoms with Crippen molar-refractivity contribution in [1.29, 1.82) is 0 Å². The van der Waals surface area contributed by atoms with Crippen LogP contribution in [-0.4, -0.2) is 52.5 Å². The molecular formula is C24H18ClF4N3O7. The maximum Gasteiger partial charge on any atom is 0.305 e. The molecule has 3 N–H and O–H groups in total. The molecule has 0 aliphatic heterocycles. The fourth-order valence-electron chi connectivity index (χ4n) is 3.15. The number of ketones is 1. The van der Waals surface area contributed by atoms with E-state index in [0.717, 1.165) is 0 Å². The Kier molecular flexibility index (Phi) is 9.24. The molecule has 3 rings (SSSR count). The number of carbonyl (C=O) groups is 4. The van der Waals surface area contributed by atoms with Gasteiger partial charge in [-0.1, -0.05) is 35.0 Å². The van der Waals surface area contributed by atoms with E-state index >= 15 is 0 Å². The van der Waals surface area contributed by atoms with Crippen molar-refractivity contribution in [3.63, 3.8) is 0 Å². The van der Waals surface area contributed by atoms with Crippen LogP contribution in [0.5, 0.6) is 5.75 Å². The zero-order valence-electron chi connectivity index (χ0n) is 19.8. The fourth-order valence-corrected chi connectivity index (χ4v) is 3.38. The van der Waals surface area contributed by atoms with E-state index in [1.165, 1.54) is 13.0 Å². The van der Waals surface area contributed by atoms with Crippen LogP contribution in [0.4, 0.5) is 17.6 Å². The zero-order valence-corrected chi connectivity index (χ0v) is 20.5. The standard InChI is InChI=1S/C24H18ClF4N3O7/c1-10(30-24(37)18-7-15(32-39-18)11-4-2-3-5-12(11)25)23(36)31-16(8-19(34)35)17(33)9-38-22-20(28)13(26)6-14(27)21(22)29/h2-7,10,16H,8-9H2,1H3,(H,30,37)(H,31,36)(H,34,35)/t10-,16-/m0/s1. The molecule has 1 aromatic heterocycles. The Morgan fingerprint density at radius 1 is 1.05 bits per heavy atom. The lowest BCUT2D eigenvalue weighted by Gasteiger charge is -2.19. The van der Waals surface area contributed by atoms with E-state index in [2.05, 4.69) is 20.5 Å². The van der Waals surface area contributed by atoms with Gasteiger partial charge in [0.25, 0.3) is 5.91 Å². The van der Waals surface area contributed by atoms with Crippen LogP contribution in [0.1, 0.15) is 23.9 Å². The Bertz CT molecular complexity index is 1410. The third kappa shape index (κ3) is 7.10. The third-order valence-electron chi connectivity index (χ3n) is 5.14. The molecular weight excluding hydrogens is 554 g/mol. The summed E-state index contributed by atoms with van der Waals surface area (Å²) in [6.07, 6.45) is -0.986. The molecule has 2 aromatic carbocycles. The van der Waals surface area contributed by atoms with E-state index in [1.54, 1.807) is 24.3 Å². The Balaban J connectivity index is 1.64. The number of nitrogens with one attached hydrogen (secondary N) is 2. The second kappa shape index (κ2) is 12.4. The van der Waals surface area contributed by atoms with Crippen molar-refractivity contribution < 1.29 is 51.1 Å². The number of hydrogen-bond donors (Lipinski definition) is 3. The van der Waals surface area contributed by atoms with Gasteiger partial charge in [0.1, 0.15) is 24.4 Å². The molecule has 2 atom stereocenters. The predicted octanol–water partition coefficient (Wildman–Crippen LogP) is 3.28. The summed E-state index contributed by atoms with van der Waals surface area (Å²) in [6.45, 7) is -0.0454. The van der Waals surface area contributed by atoms with Crippen LogP contribution >= 0.6 is 11.6 Å². The molecule has 206 valence electrons. The third-order valence-corrected chi connectivity index (χ3v) is 5.47. The Labute approximate surface area is 221 Å². The second-order valence-electron chi connectivity index (χ2n) is 7.96. The lowest BCUT2D eigenvalue weighted by molar-refractivity contribution is -0.140. The van der Waals surface area contributed by atoms with Crippen LogP contribution in [0.15, 0.2) is 40.9 Å². The van der Waals surface area contributed by atoms with Gasteiger partial charge in [0.05, 0.1) is 11.4 Å². The molecule has 1 heterocycles. The molecule has 0 fully saturated rings. The van der Waals surface area contributed by atoms with E-state index < -0.39 is 77.7 Å². The zero-order chi connectivity index (χ0) is 28.9. The van der Waals surface area contributed by atoms with Crippen LogP contribution in [0.25, 0.3) is 11.3 Å². The smallest absolute Gasteiger partial charge is 0.305 e. The maximum atomic E-state index is 13.8. The number of Topliss-reactive ketones (excluding diaryl/α,β-unsaturated/α-hetero) is 1. The molecule has 0 aliphatic carbocycles. The molecule has 0 saturated carbocycles. The summed E-state index contributed by atoms with van der Waals surface area (Å²) in [5, 5.41) is 17.5. The molecule has 0 unspecified atom stereocenters. The van der Waals surface area contributed by atoms with Crippen molar-refractivity contribution in [2.24, 2.45) is 0 Å². The quantitative estimate of drug-likeness (QED) is 0.235. The summed E-state index contributed by atoms with van der Waals surface area (Å²) in [5.74, 6) is -13.9. The molecule has 15 heteroatoms. The number of halogens is 5. The van der Waals surface area contributed by atoms with Crippen molar-refractivity contribution >= 4 is 35.2 Å². The van der Waals surface area contributed by atoms with Crippen molar-refractivity contribution in [2.45, 2.75) is 25.4 Å². The van der Waals surface area contributed by atoms with Gasteiger partial charge in [-0.05, 0) is 13.0 Å². The number of benzene rings is 2. The number of aromatic nitrogens is 1.